The van der Waals surface area contributed by atoms with Crippen LogP contribution in [-0.2, 0) is 0 Å². The molecule has 0 N–H and O–H groups in total. The van der Waals surface area contributed by atoms with Gasteiger partial charge in [-0.15, -0.1) is 0 Å². The molecule has 3 heterocycles. The number of benzene rings is 4. The normalized spacial score (nSPS) is 16.4. The van der Waals surface area contributed by atoms with Crippen LogP contribution in [0.1, 0.15) is 11.5 Å². The lowest BCUT2D eigenvalue weighted by Gasteiger charge is -2.17. The van der Waals surface area contributed by atoms with E-state index in [-0.39, 0.29) is 12.0 Å². The van der Waals surface area contributed by atoms with E-state index in [4.69, 9.17) is 24.7 Å². The summed E-state index contributed by atoms with van der Waals surface area (Å²) in [7, 11) is 0. The van der Waals surface area contributed by atoms with Crippen LogP contribution in [0.4, 0.5) is 0 Å². The first-order chi connectivity index (χ1) is 20.3. The van der Waals surface area contributed by atoms with E-state index in [0.29, 0.717) is 17.5 Å². The Bertz CT molecular complexity index is 1970. The molecule has 2 aromatic heterocycles. The van der Waals surface area contributed by atoms with E-state index in [1.165, 1.54) is 10.4 Å². The predicted molar refractivity (Wildman–Crippen MR) is 161 cm³/mol. The predicted octanol–water partition coefficient (Wildman–Crippen LogP) is 6.05. The van der Waals surface area contributed by atoms with E-state index in [0.717, 1.165) is 39.4 Å². The smallest absolute Gasteiger partial charge is 0.182 e. The van der Waals surface area contributed by atoms with Crippen molar-refractivity contribution in [2.75, 3.05) is 0 Å². The zero-order valence-corrected chi connectivity index (χ0v) is 22.1. The molecule has 2 atom stereocenters. The number of hydrogen-bond acceptors (Lipinski definition) is 5. The van der Waals surface area contributed by atoms with E-state index in [2.05, 4.69) is 54.6 Å². The van der Waals surface area contributed by atoms with Gasteiger partial charge in [-0.25, -0.2) is 19.9 Å². The fourth-order valence-electron chi connectivity index (χ4n) is 5.68. The van der Waals surface area contributed by atoms with E-state index in [1.54, 1.807) is 0 Å². The van der Waals surface area contributed by atoms with Gasteiger partial charge in [0.15, 0.2) is 17.5 Å². The minimum atomic E-state index is -0.129. The second-order valence-electron chi connectivity index (χ2n) is 10.2. The molecule has 41 heavy (non-hydrogen) atoms. The third-order valence-corrected chi connectivity index (χ3v) is 7.65. The first-order valence-corrected chi connectivity index (χ1v) is 13.7. The molecular formula is C36H24N4O. The van der Waals surface area contributed by atoms with Gasteiger partial charge in [0.1, 0.15) is 17.5 Å². The summed E-state index contributed by atoms with van der Waals surface area (Å²) in [6.07, 6.45) is 4.37. The van der Waals surface area contributed by atoms with Gasteiger partial charge in [0.25, 0.3) is 0 Å². The minimum absolute atomic E-state index is 0.00987. The average molecular weight is 529 g/mol. The van der Waals surface area contributed by atoms with Crippen LogP contribution in [-0.4, -0.2) is 26.0 Å². The number of fused-ring (bicyclic) bond motifs is 4. The Morgan fingerprint density at radius 3 is 1.61 bits per heavy atom. The van der Waals surface area contributed by atoms with Gasteiger partial charge in [0, 0.05) is 34.2 Å². The molecule has 0 fully saturated rings. The van der Waals surface area contributed by atoms with Crippen LogP contribution in [0, 0.1) is 0 Å². The molecule has 4 aromatic carbocycles. The van der Waals surface area contributed by atoms with Crippen LogP contribution in [0.15, 0.2) is 121 Å². The highest BCUT2D eigenvalue weighted by Gasteiger charge is 2.37. The van der Waals surface area contributed by atoms with Gasteiger partial charge < -0.3 is 4.74 Å². The highest BCUT2D eigenvalue weighted by molar-refractivity contribution is 5.76. The summed E-state index contributed by atoms with van der Waals surface area (Å²) >= 11 is 0. The summed E-state index contributed by atoms with van der Waals surface area (Å²) in [5, 5.41) is 2.37. The Kier molecular flexibility index (Phi) is 5.52. The quantitative estimate of drug-likeness (QED) is 0.279. The second-order valence-corrected chi connectivity index (χ2v) is 10.2. The number of rotatable bonds is 4. The number of ether oxygens (including phenoxy) is 1. The summed E-state index contributed by atoms with van der Waals surface area (Å²) < 4.78 is 6.62. The molecule has 0 saturated carbocycles. The SMILES string of the molecule is C1=c2ccccc2=CC2c3c(cc(-c4ccccc4)nc3-c3nc(-c4ccccc4)nc(-c4ccccc4)n3)OC12. The van der Waals surface area contributed by atoms with Crippen molar-refractivity contribution in [1.29, 1.82) is 0 Å². The number of nitrogens with zero attached hydrogens (tertiary/aromatic N) is 4. The first-order valence-electron chi connectivity index (χ1n) is 13.7. The summed E-state index contributed by atoms with van der Waals surface area (Å²) in [5.74, 6) is 2.55. The lowest BCUT2D eigenvalue weighted by Crippen LogP contribution is -2.34. The van der Waals surface area contributed by atoms with E-state index in [9.17, 15) is 0 Å². The van der Waals surface area contributed by atoms with Crippen molar-refractivity contribution in [2.45, 2.75) is 12.0 Å². The lowest BCUT2D eigenvalue weighted by molar-refractivity contribution is 0.288. The highest BCUT2D eigenvalue weighted by atomic mass is 16.5. The van der Waals surface area contributed by atoms with Crippen LogP contribution in [0.2, 0.25) is 0 Å². The molecular weight excluding hydrogens is 504 g/mol. The molecule has 2 unspecified atom stereocenters. The van der Waals surface area contributed by atoms with Crippen molar-refractivity contribution in [3.8, 4) is 51.3 Å². The monoisotopic (exact) mass is 528 g/mol. The zero-order chi connectivity index (χ0) is 27.2. The fraction of sp³-hybridized carbons (Fsp3) is 0.0556. The molecule has 194 valence electrons. The third-order valence-electron chi connectivity index (χ3n) is 7.65. The van der Waals surface area contributed by atoms with Crippen LogP contribution in [0.5, 0.6) is 5.75 Å². The van der Waals surface area contributed by atoms with Gasteiger partial charge in [0.2, 0.25) is 0 Å². The molecule has 5 nitrogen and oxygen atoms in total. The largest absolute Gasteiger partial charge is 0.485 e. The molecule has 2 aliphatic rings. The molecule has 8 rings (SSSR count). The number of aromatic nitrogens is 4. The van der Waals surface area contributed by atoms with Crippen molar-refractivity contribution in [2.24, 2.45) is 0 Å². The van der Waals surface area contributed by atoms with Gasteiger partial charge in [-0.3, -0.25) is 0 Å². The van der Waals surface area contributed by atoms with Crippen LogP contribution < -0.4 is 15.2 Å². The van der Waals surface area contributed by atoms with Crippen molar-refractivity contribution in [3.63, 3.8) is 0 Å². The summed E-state index contributed by atoms with van der Waals surface area (Å²) in [6.45, 7) is 0. The van der Waals surface area contributed by atoms with Gasteiger partial charge in [-0.1, -0.05) is 121 Å². The zero-order valence-electron chi connectivity index (χ0n) is 22.1. The van der Waals surface area contributed by atoms with Crippen LogP contribution in [0.25, 0.3) is 57.7 Å². The molecule has 1 aliphatic carbocycles. The second kappa shape index (κ2) is 9.65. The van der Waals surface area contributed by atoms with Gasteiger partial charge in [-0.05, 0) is 16.5 Å². The number of hydrogen-bond donors (Lipinski definition) is 0. The Balaban J connectivity index is 1.40. The van der Waals surface area contributed by atoms with Crippen LogP contribution >= 0.6 is 0 Å². The van der Waals surface area contributed by atoms with Crippen molar-refractivity contribution in [3.05, 3.63) is 137 Å². The molecule has 0 amide bonds. The molecule has 6 aromatic rings. The van der Waals surface area contributed by atoms with E-state index in [1.807, 2.05) is 78.9 Å². The van der Waals surface area contributed by atoms with Gasteiger partial charge in [0.05, 0.1) is 5.69 Å². The van der Waals surface area contributed by atoms with Crippen LogP contribution in [0.3, 0.4) is 0 Å². The average Bonchev–Trinajstić information content (AvgIpc) is 3.41. The third kappa shape index (κ3) is 4.19. The standard InChI is InChI=1S/C36H24N4O/c1-4-12-23(13-5-1)29-22-31-32(28-20-26-18-10-11-19-27(26)21-30(28)41-31)33(37-29)36-39-34(24-14-6-2-7-15-24)38-35(40-36)25-16-8-3-9-17-25/h1-22,28,30H. The molecule has 0 bridgehead atoms. The van der Waals surface area contributed by atoms with Gasteiger partial charge >= 0.3 is 0 Å². The molecule has 0 spiro atoms. The maximum Gasteiger partial charge on any atom is 0.182 e. The summed E-state index contributed by atoms with van der Waals surface area (Å²) in [5.41, 5.74) is 5.39. The Labute approximate surface area is 237 Å². The summed E-state index contributed by atoms with van der Waals surface area (Å²) in [6, 6.07) is 40.7. The molecule has 5 heteroatoms. The Morgan fingerprint density at radius 2 is 1.00 bits per heavy atom. The Morgan fingerprint density at radius 1 is 0.488 bits per heavy atom. The van der Waals surface area contributed by atoms with Crippen molar-refractivity contribution in [1.82, 2.24) is 19.9 Å². The van der Waals surface area contributed by atoms with Crippen molar-refractivity contribution >= 4 is 12.2 Å². The lowest BCUT2D eigenvalue weighted by atomic mass is 9.88. The molecule has 0 radical (unpaired) electrons. The topological polar surface area (TPSA) is 60.8 Å². The highest BCUT2D eigenvalue weighted by Crippen LogP contribution is 2.46. The molecule has 0 saturated heterocycles. The maximum atomic E-state index is 6.62. The fourth-order valence-corrected chi connectivity index (χ4v) is 5.68. The van der Waals surface area contributed by atoms with Crippen molar-refractivity contribution < 1.29 is 4.74 Å². The van der Waals surface area contributed by atoms with Gasteiger partial charge in [-0.2, -0.15) is 0 Å². The maximum absolute atomic E-state index is 6.62. The summed E-state index contributed by atoms with van der Waals surface area (Å²) in [4.78, 5) is 20.2. The number of pyridine rings is 1. The first kappa shape index (κ1) is 23.5. The van der Waals surface area contributed by atoms with E-state index >= 15 is 0 Å². The minimum Gasteiger partial charge on any atom is -0.485 e. The Hall–Kier alpha value is -5.42. The molecule has 1 aliphatic heterocycles. The van der Waals surface area contributed by atoms with E-state index < -0.39 is 0 Å².